The molecule has 2 aromatic rings. The fourth-order valence-corrected chi connectivity index (χ4v) is 2.31. The van der Waals surface area contributed by atoms with E-state index in [9.17, 15) is 0 Å². The molecule has 1 aliphatic rings. The third-order valence-corrected chi connectivity index (χ3v) is 3.19. The second-order valence-corrected chi connectivity index (χ2v) is 4.56. The summed E-state index contributed by atoms with van der Waals surface area (Å²) in [4.78, 5) is 4.36. The van der Waals surface area contributed by atoms with Crippen molar-refractivity contribution in [2.45, 2.75) is 13.3 Å². The summed E-state index contributed by atoms with van der Waals surface area (Å²) in [6, 6.07) is 10.1. The molecule has 0 saturated heterocycles. The highest BCUT2D eigenvalue weighted by molar-refractivity contribution is 6.12. The number of pyridine rings is 1. The summed E-state index contributed by atoms with van der Waals surface area (Å²) < 4.78 is 0. The summed E-state index contributed by atoms with van der Waals surface area (Å²) in [5, 5.41) is 9.38. The SMILES string of the molecule is CC1CC(N)=NN=C1c1ccnc2ccccc12. The Labute approximate surface area is 105 Å². The molecule has 0 spiro atoms. The molecule has 0 aliphatic carbocycles. The van der Waals surface area contributed by atoms with Crippen molar-refractivity contribution in [3.63, 3.8) is 0 Å². The zero-order chi connectivity index (χ0) is 12.5. The molecular weight excluding hydrogens is 224 g/mol. The van der Waals surface area contributed by atoms with Gasteiger partial charge in [0.05, 0.1) is 11.2 Å². The van der Waals surface area contributed by atoms with Crippen LogP contribution in [-0.2, 0) is 0 Å². The molecule has 0 radical (unpaired) electrons. The van der Waals surface area contributed by atoms with Crippen LogP contribution in [0.25, 0.3) is 10.9 Å². The number of aromatic nitrogens is 1. The van der Waals surface area contributed by atoms with E-state index < -0.39 is 0 Å². The van der Waals surface area contributed by atoms with E-state index in [1.54, 1.807) is 0 Å². The molecule has 18 heavy (non-hydrogen) atoms. The second kappa shape index (κ2) is 4.22. The predicted octanol–water partition coefficient (Wildman–Crippen LogP) is 2.34. The molecule has 1 aromatic carbocycles. The minimum atomic E-state index is 0.285. The molecule has 1 aliphatic heterocycles. The normalized spacial score (nSPS) is 19.5. The molecule has 2 heterocycles. The maximum Gasteiger partial charge on any atom is 0.123 e. The van der Waals surface area contributed by atoms with Crippen LogP contribution in [0.4, 0.5) is 0 Å². The van der Waals surface area contributed by atoms with E-state index in [1.165, 1.54) is 0 Å². The number of hydrogen-bond donors (Lipinski definition) is 1. The molecule has 1 unspecified atom stereocenters. The van der Waals surface area contributed by atoms with Gasteiger partial charge in [-0.2, -0.15) is 5.10 Å². The Morgan fingerprint density at radius 3 is 2.83 bits per heavy atom. The monoisotopic (exact) mass is 238 g/mol. The zero-order valence-corrected chi connectivity index (χ0v) is 10.2. The lowest BCUT2D eigenvalue weighted by Gasteiger charge is -2.18. The molecule has 3 rings (SSSR count). The van der Waals surface area contributed by atoms with E-state index >= 15 is 0 Å². The molecular formula is C14H14N4. The van der Waals surface area contributed by atoms with Crippen molar-refractivity contribution in [2.75, 3.05) is 0 Å². The van der Waals surface area contributed by atoms with E-state index in [0.717, 1.165) is 28.6 Å². The van der Waals surface area contributed by atoms with Crippen LogP contribution in [0.5, 0.6) is 0 Å². The maximum atomic E-state index is 5.71. The number of benzene rings is 1. The lowest BCUT2D eigenvalue weighted by molar-refractivity contribution is 0.784. The highest BCUT2D eigenvalue weighted by Crippen LogP contribution is 2.23. The minimum Gasteiger partial charge on any atom is -0.386 e. The van der Waals surface area contributed by atoms with Crippen LogP contribution in [0.1, 0.15) is 18.9 Å². The molecule has 1 atom stereocenters. The molecule has 0 saturated carbocycles. The Morgan fingerprint density at radius 2 is 2.00 bits per heavy atom. The first-order valence-corrected chi connectivity index (χ1v) is 5.99. The van der Waals surface area contributed by atoms with Gasteiger partial charge in [-0.1, -0.05) is 25.1 Å². The highest BCUT2D eigenvalue weighted by Gasteiger charge is 2.20. The van der Waals surface area contributed by atoms with Crippen LogP contribution >= 0.6 is 0 Å². The third-order valence-electron chi connectivity index (χ3n) is 3.19. The van der Waals surface area contributed by atoms with Gasteiger partial charge in [-0.25, -0.2) is 0 Å². The molecule has 4 nitrogen and oxygen atoms in total. The van der Waals surface area contributed by atoms with E-state index in [1.807, 2.05) is 30.5 Å². The Balaban J connectivity index is 2.21. The van der Waals surface area contributed by atoms with Gasteiger partial charge < -0.3 is 5.73 Å². The van der Waals surface area contributed by atoms with Crippen molar-refractivity contribution in [1.82, 2.24) is 4.98 Å². The Hall–Kier alpha value is -2.23. The highest BCUT2D eigenvalue weighted by atomic mass is 15.2. The number of para-hydroxylation sites is 1. The summed E-state index contributed by atoms with van der Waals surface area (Å²) in [6.45, 7) is 2.12. The van der Waals surface area contributed by atoms with Crippen LogP contribution in [-0.4, -0.2) is 16.5 Å². The van der Waals surface area contributed by atoms with E-state index in [-0.39, 0.29) is 5.92 Å². The van der Waals surface area contributed by atoms with Gasteiger partial charge in [-0.15, -0.1) is 5.10 Å². The topological polar surface area (TPSA) is 63.6 Å². The van der Waals surface area contributed by atoms with Crippen LogP contribution < -0.4 is 5.73 Å². The largest absolute Gasteiger partial charge is 0.386 e. The molecule has 0 bridgehead atoms. The lowest BCUT2D eigenvalue weighted by atomic mass is 9.92. The van der Waals surface area contributed by atoms with Crippen molar-refractivity contribution >= 4 is 22.5 Å². The van der Waals surface area contributed by atoms with Crippen LogP contribution in [0, 0.1) is 5.92 Å². The molecule has 2 N–H and O–H groups in total. The number of rotatable bonds is 1. The number of hydrogen-bond acceptors (Lipinski definition) is 4. The Morgan fingerprint density at radius 1 is 1.17 bits per heavy atom. The summed E-state index contributed by atoms with van der Waals surface area (Å²) in [6.07, 6.45) is 2.57. The molecule has 0 amide bonds. The van der Waals surface area contributed by atoms with Crippen molar-refractivity contribution < 1.29 is 0 Å². The fraction of sp³-hybridized carbons (Fsp3) is 0.214. The van der Waals surface area contributed by atoms with Crippen molar-refractivity contribution in [3.05, 3.63) is 42.1 Å². The van der Waals surface area contributed by atoms with Crippen molar-refractivity contribution in [2.24, 2.45) is 21.9 Å². The smallest absolute Gasteiger partial charge is 0.123 e. The summed E-state index contributed by atoms with van der Waals surface area (Å²) >= 11 is 0. The summed E-state index contributed by atoms with van der Waals surface area (Å²) in [5.41, 5.74) is 8.78. The van der Waals surface area contributed by atoms with Gasteiger partial charge in [0.1, 0.15) is 5.84 Å². The zero-order valence-electron chi connectivity index (χ0n) is 10.2. The van der Waals surface area contributed by atoms with Gasteiger partial charge in [0, 0.05) is 29.5 Å². The summed E-state index contributed by atoms with van der Waals surface area (Å²) in [5.74, 6) is 0.887. The van der Waals surface area contributed by atoms with Crippen molar-refractivity contribution in [3.8, 4) is 0 Å². The van der Waals surface area contributed by atoms with E-state index in [2.05, 4.69) is 28.2 Å². The first-order chi connectivity index (χ1) is 8.75. The molecule has 4 heteroatoms. The summed E-state index contributed by atoms with van der Waals surface area (Å²) in [7, 11) is 0. The third kappa shape index (κ3) is 1.76. The second-order valence-electron chi connectivity index (χ2n) is 4.56. The molecule has 1 aromatic heterocycles. The van der Waals surface area contributed by atoms with Crippen molar-refractivity contribution in [1.29, 1.82) is 0 Å². The van der Waals surface area contributed by atoms with Gasteiger partial charge in [-0.3, -0.25) is 4.98 Å². The van der Waals surface area contributed by atoms with Gasteiger partial charge in [0.2, 0.25) is 0 Å². The van der Waals surface area contributed by atoms with Gasteiger partial charge >= 0.3 is 0 Å². The van der Waals surface area contributed by atoms with Gasteiger partial charge in [0.25, 0.3) is 0 Å². The van der Waals surface area contributed by atoms with E-state index in [0.29, 0.717) is 5.84 Å². The van der Waals surface area contributed by atoms with Crippen LogP contribution in [0.15, 0.2) is 46.7 Å². The lowest BCUT2D eigenvalue weighted by Crippen LogP contribution is -2.25. The average molecular weight is 238 g/mol. The maximum absolute atomic E-state index is 5.71. The Kier molecular flexibility index (Phi) is 2.55. The first-order valence-electron chi connectivity index (χ1n) is 5.99. The fourth-order valence-electron chi connectivity index (χ4n) is 2.31. The quantitative estimate of drug-likeness (QED) is 0.828. The Bertz CT molecular complexity index is 652. The molecule has 0 fully saturated rings. The van der Waals surface area contributed by atoms with E-state index in [4.69, 9.17) is 5.73 Å². The van der Waals surface area contributed by atoms with Crippen LogP contribution in [0.2, 0.25) is 0 Å². The number of nitrogens with zero attached hydrogens (tertiary/aromatic N) is 3. The minimum absolute atomic E-state index is 0.285. The van der Waals surface area contributed by atoms with Crippen LogP contribution in [0.3, 0.4) is 0 Å². The van der Waals surface area contributed by atoms with Gasteiger partial charge in [-0.05, 0) is 12.1 Å². The number of nitrogens with two attached hydrogens (primary N) is 1. The first kappa shape index (κ1) is 10.9. The number of fused-ring (bicyclic) bond motifs is 1. The van der Waals surface area contributed by atoms with Gasteiger partial charge in [0.15, 0.2) is 0 Å². The number of amidine groups is 1. The standard InChI is InChI=1S/C14H14N4/c1-9-8-13(15)17-18-14(9)11-6-7-16-12-5-3-2-4-10(11)12/h2-7,9H,8H2,1H3,(H2,15,17). The predicted molar refractivity (Wildman–Crippen MR) is 73.7 cm³/mol. The molecule has 90 valence electrons. The average Bonchev–Trinajstić information content (AvgIpc) is 2.38.